The molecule has 0 fully saturated rings. The maximum Gasteiger partial charge on any atom is 0.416 e. The third kappa shape index (κ3) is 4.69. The van der Waals surface area contributed by atoms with Crippen LogP contribution in [0.3, 0.4) is 0 Å². The minimum Gasteiger partial charge on any atom is -0.353 e. The van der Waals surface area contributed by atoms with Gasteiger partial charge in [-0.1, -0.05) is 50.2 Å². The molecule has 1 amide bonds. The lowest BCUT2D eigenvalue weighted by atomic mass is 9.87. The number of fused-ring (bicyclic) bond motifs is 1. The van der Waals surface area contributed by atoms with E-state index in [-0.39, 0.29) is 24.3 Å². The van der Waals surface area contributed by atoms with E-state index in [1.807, 2.05) is 62.8 Å². The van der Waals surface area contributed by atoms with Crippen molar-refractivity contribution in [2.75, 3.05) is 0 Å². The summed E-state index contributed by atoms with van der Waals surface area (Å²) in [5, 5.41) is 3.92. The monoisotopic (exact) mass is 416 g/mol. The van der Waals surface area contributed by atoms with Crippen LogP contribution in [0.5, 0.6) is 0 Å². The maximum atomic E-state index is 13.3. The molecule has 2 atom stereocenters. The van der Waals surface area contributed by atoms with Gasteiger partial charge in [0.25, 0.3) is 0 Å². The third-order valence-electron chi connectivity index (χ3n) is 5.70. The molecule has 1 N–H and O–H groups in total. The second-order valence-corrected chi connectivity index (χ2v) is 8.19. The van der Waals surface area contributed by atoms with Crippen LogP contribution in [0.15, 0.2) is 54.7 Å². The van der Waals surface area contributed by atoms with Gasteiger partial charge in [0.15, 0.2) is 0 Å². The van der Waals surface area contributed by atoms with E-state index in [0.717, 1.165) is 28.6 Å². The fourth-order valence-corrected chi connectivity index (χ4v) is 3.65. The predicted molar refractivity (Wildman–Crippen MR) is 113 cm³/mol. The molecule has 0 aliphatic carbocycles. The summed E-state index contributed by atoms with van der Waals surface area (Å²) in [5.41, 5.74) is 1.59. The lowest BCUT2D eigenvalue weighted by molar-refractivity contribution is -0.137. The molecule has 0 saturated heterocycles. The van der Waals surface area contributed by atoms with Crippen molar-refractivity contribution in [3.63, 3.8) is 0 Å². The fraction of sp³-hybridized carbons (Fsp3) is 0.375. The second-order valence-electron chi connectivity index (χ2n) is 8.19. The number of carbonyl (C=O) groups is 1. The average Bonchev–Trinajstić information content (AvgIpc) is 3.02. The zero-order chi connectivity index (χ0) is 22.1. The summed E-state index contributed by atoms with van der Waals surface area (Å²) in [7, 11) is 1.90. The van der Waals surface area contributed by atoms with Crippen LogP contribution in [-0.4, -0.2) is 16.5 Å². The van der Waals surface area contributed by atoms with Crippen molar-refractivity contribution in [3.05, 3.63) is 71.4 Å². The molecule has 6 heteroatoms. The first-order valence-corrected chi connectivity index (χ1v) is 10.1. The number of para-hydroxylation sites is 1. The Hall–Kier alpha value is -2.76. The molecule has 1 aromatic heterocycles. The fourth-order valence-electron chi connectivity index (χ4n) is 3.65. The number of halogens is 3. The third-order valence-corrected chi connectivity index (χ3v) is 5.70. The first kappa shape index (κ1) is 21.9. The highest BCUT2D eigenvalue weighted by Crippen LogP contribution is 2.37. The number of aromatic nitrogens is 1. The maximum absolute atomic E-state index is 13.3. The van der Waals surface area contributed by atoms with Crippen LogP contribution in [0, 0.1) is 5.92 Å². The largest absolute Gasteiger partial charge is 0.416 e. The van der Waals surface area contributed by atoms with Crippen LogP contribution in [-0.2, 0) is 18.0 Å². The van der Waals surface area contributed by atoms with Crippen molar-refractivity contribution in [1.82, 2.24) is 9.88 Å². The number of nitrogens with zero attached hydrogens (tertiary/aromatic N) is 1. The molecule has 3 rings (SSSR count). The summed E-state index contributed by atoms with van der Waals surface area (Å²) in [6, 6.07) is 13.0. The van der Waals surface area contributed by atoms with Crippen molar-refractivity contribution >= 4 is 16.8 Å². The lowest BCUT2D eigenvalue weighted by Crippen LogP contribution is -2.36. The van der Waals surface area contributed by atoms with E-state index in [1.54, 1.807) is 6.07 Å². The van der Waals surface area contributed by atoms with Crippen LogP contribution < -0.4 is 5.32 Å². The first-order valence-electron chi connectivity index (χ1n) is 10.1. The van der Waals surface area contributed by atoms with Crippen molar-refractivity contribution in [2.45, 2.75) is 45.3 Å². The van der Waals surface area contributed by atoms with Crippen LogP contribution in [0.2, 0.25) is 0 Å². The van der Waals surface area contributed by atoms with Gasteiger partial charge >= 0.3 is 6.18 Å². The standard InChI is InChI=1S/C24H27F3N2O/c1-15(2)16(3)28-23(30)13-20(17-8-7-9-18(12-17)24(25,26)27)21-14-29(4)22-11-6-5-10-19(21)22/h5-12,14-16,20H,13H2,1-4H3,(H,28,30)/t16-,20+/m1/s1. The highest BCUT2D eigenvalue weighted by molar-refractivity contribution is 5.86. The molecule has 0 bridgehead atoms. The number of amides is 1. The number of rotatable bonds is 6. The molecule has 0 radical (unpaired) electrons. The SMILES string of the molecule is CC(C)[C@@H](C)NC(=O)C[C@@H](c1cccc(C(F)(F)F)c1)c1cn(C)c2ccccc12. The van der Waals surface area contributed by atoms with Crippen LogP contribution >= 0.6 is 0 Å². The summed E-state index contributed by atoms with van der Waals surface area (Å²) in [6.07, 6.45) is -2.45. The van der Waals surface area contributed by atoms with Crippen LogP contribution in [0.1, 0.15) is 49.8 Å². The Bertz CT molecular complexity index is 1040. The molecular formula is C24H27F3N2O. The molecule has 3 aromatic rings. The quantitative estimate of drug-likeness (QED) is 0.535. The van der Waals surface area contributed by atoms with Gasteiger partial charge in [0.2, 0.25) is 5.91 Å². The number of alkyl halides is 3. The molecule has 0 unspecified atom stereocenters. The van der Waals surface area contributed by atoms with E-state index in [9.17, 15) is 18.0 Å². The predicted octanol–water partition coefficient (Wildman–Crippen LogP) is 5.88. The van der Waals surface area contributed by atoms with E-state index < -0.39 is 17.7 Å². The van der Waals surface area contributed by atoms with Crippen molar-refractivity contribution in [1.29, 1.82) is 0 Å². The van der Waals surface area contributed by atoms with E-state index in [4.69, 9.17) is 0 Å². The minimum absolute atomic E-state index is 0.0211. The zero-order valence-electron chi connectivity index (χ0n) is 17.6. The minimum atomic E-state index is -4.44. The van der Waals surface area contributed by atoms with E-state index in [2.05, 4.69) is 5.32 Å². The van der Waals surface area contributed by atoms with Gasteiger partial charge in [0.05, 0.1) is 5.56 Å². The van der Waals surface area contributed by atoms with Crippen molar-refractivity contribution in [2.24, 2.45) is 13.0 Å². The van der Waals surface area contributed by atoms with Gasteiger partial charge in [-0.25, -0.2) is 0 Å². The molecule has 1 heterocycles. The Labute approximate surface area is 174 Å². The van der Waals surface area contributed by atoms with Gasteiger partial charge in [0.1, 0.15) is 0 Å². The van der Waals surface area contributed by atoms with Crippen molar-refractivity contribution < 1.29 is 18.0 Å². The summed E-state index contributed by atoms with van der Waals surface area (Å²) >= 11 is 0. The molecule has 0 saturated carbocycles. The van der Waals surface area contributed by atoms with E-state index in [0.29, 0.717) is 5.56 Å². The van der Waals surface area contributed by atoms with Gasteiger partial charge in [-0.2, -0.15) is 13.2 Å². The highest BCUT2D eigenvalue weighted by atomic mass is 19.4. The number of hydrogen-bond acceptors (Lipinski definition) is 1. The molecule has 0 aliphatic heterocycles. The van der Waals surface area contributed by atoms with Crippen molar-refractivity contribution in [3.8, 4) is 0 Å². The Morgan fingerprint density at radius 1 is 1.07 bits per heavy atom. The number of hydrogen-bond donors (Lipinski definition) is 1. The average molecular weight is 416 g/mol. The zero-order valence-corrected chi connectivity index (χ0v) is 17.6. The Morgan fingerprint density at radius 3 is 2.43 bits per heavy atom. The summed E-state index contributed by atoms with van der Waals surface area (Å²) in [4.78, 5) is 12.8. The Morgan fingerprint density at radius 2 is 1.77 bits per heavy atom. The highest BCUT2D eigenvalue weighted by Gasteiger charge is 2.32. The van der Waals surface area contributed by atoms with Gasteiger partial charge in [0, 0.05) is 42.5 Å². The summed E-state index contributed by atoms with van der Waals surface area (Å²) in [5.74, 6) is -0.400. The molecule has 2 aromatic carbocycles. The smallest absolute Gasteiger partial charge is 0.353 e. The van der Waals surface area contributed by atoms with Crippen LogP contribution in [0.25, 0.3) is 10.9 Å². The molecule has 3 nitrogen and oxygen atoms in total. The van der Waals surface area contributed by atoms with Crippen LogP contribution in [0.4, 0.5) is 13.2 Å². The molecule has 160 valence electrons. The van der Waals surface area contributed by atoms with Gasteiger partial charge < -0.3 is 9.88 Å². The van der Waals surface area contributed by atoms with Gasteiger partial charge in [-0.15, -0.1) is 0 Å². The molecule has 0 aliphatic rings. The molecule has 30 heavy (non-hydrogen) atoms. The summed E-state index contributed by atoms with van der Waals surface area (Å²) in [6.45, 7) is 5.96. The van der Waals surface area contributed by atoms with E-state index in [1.165, 1.54) is 6.07 Å². The number of nitrogens with one attached hydrogen (secondary N) is 1. The topological polar surface area (TPSA) is 34.0 Å². The first-order chi connectivity index (χ1) is 14.1. The molecule has 0 spiro atoms. The van der Waals surface area contributed by atoms with E-state index >= 15 is 0 Å². The Kier molecular flexibility index (Phi) is 6.25. The summed E-state index contributed by atoms with van der Waals surface area (Å²) < 4.78 is 41.9. The Balaban J connectivity index is 2.06. The van der Waals surface area contributed by atoms with Gasteiger partial charge in [-0.3, -0.25) is 4.79 Å². The lowest BCUT2D eigenvalue weighted by Gasteiger charge is -2.22. The number of carbonyl (C=O) groups excluding carboxylic acids is 1. The normalized spacial score (nSPS) is 14.1. The van der Waals surface area contributed by atoms with Gasteiger partial charge in [-0.05, 0) is 36.1 Å². The number of aryl methyl sites for hydroxylation is 1. The molecular weight excluding hydrogens is 389 g/mol. The number of benzene rings is 2. The second kappa shape index (κ2) is 8.54.